The molecular weight excluding hydrogens is 290 g/mol. The SMILES string of the molecule is CCOc1ccc(NC(=O)[C@@](C)(OCC)C2CC2)cc1Cl. The molecule has 1 aliphatic carbocycles. The Bertz CT molecular complexity index is 516. The molecule has 4 nitrogen and oxygen atoms in total. The molecule has 1 N–H and O–H groups in total. The van der Waals surface area contributed by atoms with E-state index in [-0.39, 0.29) is 5.91 Å². The predicted octanol–water partition coefficient (Wildman–Crippen LogP) is 3.88. The lowest BCUT2D eigenvalue weighted by Gasteiger charge is -2.28. The van der Waals surface area contributed by atoms with Crippen LogP contribution in [0.5, 0.6) is 5.75 Å². The van der Waals surface area contributed by atoms with E-state index in [4.69, 9.17) is 21.1 Å². The Morgan fingerprint density at radius 3 is 2.62 bits per heavy atom. The van der Waals surface area contributed by atoms with E-state index in [2.05, 4.69) is 5.32 Å². The molecule has 1 aromatic rings. The van der Waals surface area contributed by atoms with Gasteiger partial charge in [-0.25, -0.2) is 0 Å². The summed E-state index contributed by atoms with van der Waals surface area (Å²) in [7, 11) is 0. The number of nitrogens with one attached hydrogen (secondary N) is 1. The van der Waals surface area contributed by atoms with Crippen LogP contribution in [0.1, 0.15) is 33.6 Å². The Labute approximate surface area is 130 Å². The van der Waals surface area contributed by atoms with Crippen LogP contribution >= 0.6 is 11.6 Å². The molecule has 116 valence electrons. The van der Waals surface area contributed by atoms with Crippen LogP contribution < -0.4 is 10.1 Å². The van der Waals surface area contributed by atoms with Gasteiger partial charge in [0.1, 0.15) is 11.4 Å². The fourth-order valence-electron chi connectivity index (χ4n) is 2.41. The molecule has 1 amide bonds. The minimum Gasteiger partial charge on any atom is -0.492 e. The van der Waals surface area contributed by atoms with E-state index in [1.54, 1.807) is 18.2 Å². The average molecular weight is 312 g/mol. The van der Waals surface area contributed by atoms with Crippen LogP contribution in [-0.4, -0.2) is 24.7 Å². The highest BCUT2D eigenvalue weighted by atomic mass is 35.5. The molecule has 0 bridgehead atoms. The molecule has 21 heavy (non-hydrogen) atoms. The lowest BCUT2D eigenvalue weighted by molar-refractivity contribution is -0.141. The normalized spacial score (nSPS) is 17.1. The Hall–Kier alpha value is -1.26. The number of halogens is 1. The van der Waals surface area contributed by atoms with Gasteiger partial charge in [-0.05, 0) is 57.7 Å². The van der Waals surface area contributed by atoms with Crippen LogP contribution in [0.25, 0.3) is 0 Å². The van der Waals surface area contributed by atoms with Gasteiger partial charge in [-0.1, -0.05) is 11.6 Å². The Morgan fingerprint density at radius 1 is 1.38 bits per heavy atom. The van der Waals surface area contributed by atoms with E-state index in [1.165, 1.54) is 0 Å². The number of carbonyl (C=O) groups is 1. The number of benzene rings is 1. The number of carbonyl (C=O) groups excluding carboxylic acids is 1. The second-order valence-electron chi connectivity index (χ2n) is 5.35. The van der Waals surface area contributed by atoms with Crippen molar-refractivity contribution in [3.05, 3.63) is 23.2 Å². The van der Waals surface area contributed by atoms with Crippen molar-refractivity contribution in [1.82, 2.24) is 0 Å². The largest absolute Gasteiger partial charge is 0.492 e. The molecule has 0 spiro atoms. The van der Waals surface area contributed by atoms with Gasteiger partial charge in [-0.2, -0.15) is 0 Å². The first-order valence-electron chi connectivity index (χ1n) is 7.39. The zero-order valence-electron chi connectivity index (χ0n) is 12.7. The van der Waals surface area contributed by atoms with Gasteiger partial charge >= 0.3 is 0 Å². The van der Waals surface area contributed by atoms with E-state index in [1.807, 2.05) is 20.8 Å². The van der Waals surface area contributed by atoms with E-state index >= 15 is 0 Å². The van der Waals surface area contributed by atoms with Gasteiger partial charge in [-0.3, -0.25) is 4.79 Å². The summed E-state index contributed by atoms with van der Waals surface area (Å²) in [5.74, 6) is 0.801. The summed E-state index contributed by atoms with van der Waals surface area (Å²) in [5, 5.41) is 3.38. The minimum absolute atomic E-state index is 0.118. The van der Waals surface area contributed by atoms with Crippen LogP contribution in [0.15, 0.2) is 18.2 Å². The molecule has 0 aromatic heterocycles. The Kier molecular flexibility index (Phi) is 5.12. The molecule has 1 atom stereocenters. The van der Waals surface area contributed by atoms with Crippen LogP contribution in [-0.2, 0) is 9.53 Å². The number of hydrogen-bond acceptors (Lipinski definition) is 3. The average Bonchev–Trinajstić information content (AvgIpc) is 3.27. The first-order valence-corrected chi connectivity index (χ1v) is 7.76. The molecule has 2 rings (SSSR count). The zero-order valence-corrected chi connectivity index (χ0v) is 13.5. The summed E-state index contributed by atoms with van der Waals surface area (Å²) in [4.78, 5) is 12.5. The molecule has 5 heteroatoms. The van der Waals surface area contributed by atoms with E-state index in [0.29, 0.717) is 35.6 Å². The van der Waals surface area contributed by atoms with Crippen molar-refractivity contribution in [2.75, 3.05) is 18.5 Å². The summed E-state index contributed by atoms with van der Waals surface area (Å²) < 4.78 is 11.1. The first kappa shape index (κ1) is 16.1. The van der Waals surface area contributed by atoms with Crippen molar-refractivity contribution >= 4 is 23.2 Å². The minimum atomic E-state index is -0.764. The number of hydrogen-bond donors (Lipinski definition) is 1. The fourth-order valence-corrected chi connectivity index (χ4v) is 2.64. The van der Waals surface area contributed by atoms with Crippen LogP contribution in [0.4, 0.5) is 5.69 Å². The second-order valence-corrected chi connectivity index (χ2v) is 5.75. The molecule has 0 aliphatic heterocycles. The fraction of sp³-hybridized carbons (Fsp3) is 0.562. The molecule has 0 saturated heterocycles. The summed E-state index contributed by atoms with van der Waals surface area (Å²) in [6.07, 6.45) is 2.07. The van der Waals surface area contributed by atoms with Gasteiger partial charge in [0.25, 0.3) is 5.91 Å². The van der Waals surface area contributed by atoms with E-state index in [9.17, 15) is 4.79 Å². The highest BCUT2D eigenvalue weighted by Crippen LogP contribution is 2.42. The molecule has 1 fully saturated rings. The van der Waals surface area contributed by atoms with Gasteiger partial charge in [0.2, 0.25) is 0 Å². The molecule has 1 saturated carbocycles. The maximum absolute atomic E-state index is 12.5. The third-order valence-corrected chi connectivity index (χ3v) is 4.04. The zero-order chi connectivity index (χ0) is 15.5. The molecule has 0 heterocycles. The van der Waals surface area contributed by atoms with E-state index in [0.717, 1.165) is 12.8 Å². The highest BCUT2D eigenvalue weighted by Gasteiger charge is 2.48. The monoisotopic (exact) mass is 311 g/mol. The number of amides is 1. The van der Waals surface area contributed by atoms with Gasteiger partial charge in [-0.15, -0.1) is 0 Å². The topological polar surface area (TPSA) is 47.6 Å². The van der Waals surface area contributed by atoms with Crippen molar-refractivity contribution in [2.24, 2.45) is 5.92 Å². The summed E-state index contributed by atoms with van der Waals surface area (Å²) in [6.45, 7) is 6.73. The highest BCUT2D eigenvalue weighted by molar-refractivity contribution is 6.32. The molecule has 0 radical (unpaired) electrons. The maximum Gasteiger partial charge on any atom is 0.256 e. The summed E-state index contributed by atoms with van der Waals surface area (Å²) in [6, 6.07) is 5.24. The molecule has 1 aliphatic rings. The van der Waals surface area contributed by atoms with E-state index < -0.39 is 5.60 Å². The maximum atomic E-state index is 12.5. The first-order chi connectivity index (χ1) is 10.0. The standard InChI is InChI=1S/C16H22ClNO3/c1-4-20-14-9-8-12(10-13(14)17)18-15(19)16(3,21-5-2)11-6-7-11/h8-11H,4-7H2,1-3H3,(H,18,19)/t16-/m0/s1. The van der Waals surface area contributed by atoms with Gasteiger partial charge in [0.15, 0.2) is 0 Å². The van der Waals surface area contributed by atoms with Crippen molar-refractivity contribution < 1.29 is 14.3 Å². The van der Waals surface area contributed by atoms with Gasteiger partial charge in [0, 0.05) is 12.3 Å². The molecular formula is C16H22ClNO3. The number of rotatable bonds is 7. The molecule has 0 unspecified atom stereocenters. The summed E-state index contributed by atoms with van der Waals surface area (Å²) in [5.41, 5.74) is -0.111. The third kappa shape index (κ3) is 3.69. The van der Waals surface area contributed by atoms with Crippen molar-refractivity contribution in [3.63, 3.8) is 0 Å². The lowest BCUT2D eigenvalue weighted by atomic mass is 9.99. The van der Waals surface area contributed by atoms with Crippen LogP contribution in [0.3, 0.4) is 0 Å². The smallest absolute Gasteiger partial charge is 0.256 e. The van der Waals surface area contributed by atoms with Gasteiger partial charge in [0.05, 0.1) is 11.6 Å². The molecule has 1 aromatic carbocycles. The van der Waals surface area contributed by atoms with Crippen molar-refractivity contribution in [2.45, 2.75) is 39.2 Å². The van der Waals surface area contributed by atoms with Gasteiger partial charge < -0.3 is 14.8 Å². The number of ether oxygens (including phenoxy) is 2. The lowest BCUT2D eigenvalue weighted by Crippen LogP contribution is -2.44. The Morgan fingerprint density at radius 2 is 2.10 bits per heavy atom. The number of anilines is 1. The van der Waals surface area contributed by atoms with Crippen molar-refractivity contribution in [1.29, 1.82) is 0 Å². The second kappa shape index (κ2) is 6.67. The van der Waals surface area contributed by atoms with Crippen LogP contribution in [0.2, 0.25) is 5.02 Å². The quantitative estimate of drug-likeness (QED) is 0.831. The predicted molar refractivity (Wildman–Crippen MR) is 84.0 cm³/mol. The third-order valence-electron chi connectivity index (χ3n) is 3.74. The summed E-state index contributed by atoms with van der Waals surface area (Å²) >= 11 is 6.13. The Balaban J connectivity index is 2.09. The van der Waals surface area contributed by atoms with Crippen molar-refractivity contribution in [3.8, 4) is 5.75 Å². The van der Waals surface area contributed by atoms with Crippen LogP contribution in [0, 0.1) is 5.92 Å².